The molecular weight excluding hydrogens is 276 g/mol. The highest BCUT2D eigenvalue weighted by Gasteiger charge is 2.30. The Labute approximate surface area is 144 Å². The van der Waals surface area contributed by atoms with Crippen molar-refractivity contribution in [1.82, 2.24) is 0 Å². The maximum absolute atomic E-state index is 4.33. The third kappa shape index (κ3) is 6.16. The van der Waals surface area contributed by atoms with Crippen LogP contribution in [0.1, 0.15) is 72.1 Å². The lowest BCUT2D eigenvalue weighted by Gasteiger charge is -2.37. The minimum absolute atomic E-state index is 0.818. The van der Waals surface area contributed by atoms with Gasteiger partial charge in [-0.3, -0.25) is 0 Å². The first-order valence-corrected chi connectivity index (χ1v) is 9.67. The molecule has 1 saturated carbocycles. The molecule has 0 N–H and O–H groups in total. The maximum atomic E-state index is 4.33. The van der Waals surface area contributed by atoms with E-state index in [2.05, 4.69) is 58.1 Å². The van der Waals surface area contributed by atoms with Gasteiger partial charge in [-0.2, -0.15) is 0 Å². The van der Waals surface area contributed by atoms with E-state index >= 15 is 0 Å². The fourth-order valence-electron chi connectivity index (χ4n) is 3.90. The Bertz CT molecular complexity index is 466. The van der Waals surface area contributed by atoms with Gasteiger partial charge in [-0.1, -0.05) is 82.1 Å². The summed E-state index contributed by atoms with van der Waals surface area (Å²) < 4.78 is 0. The molecular formula is C23H35. The lowest BCUT2D eigenvalue weighted by molar-refractivity contribution is 0.208. The van der Waals surface area contributed by atoms with E-state index in [1.54, 1.807) is 5.57 Å². The first-order chi connectivity index (χ1) is 11.1. The maximum Gasteiger partial charge on any atom is 0.00536 e. The van der Waals surface area contributed by atoms with Gasteiger partial charge in [-0.05, 0) is 55.4 Å². The molecule has 127 valence electrons. The van der Waals surface area contributed by atoms with Crippen molar-refractivity contribution in [3.8, 4) is 0 Å². The summed E-state index contributed by atoms with van der Waals surface area (Å²) in [5.74, 6) is 2.65. The smallest absolute Gasteiger partial charge is 0.00536 e. The fraction of sp³-hybridized carbons (Fsp3) is 0.609. The lowest BCUT2D eigenvalue weighted by atomic mass is 9.68. The molecule has 0 heteroatoms. The van der Waals surface area contributed by atoms with E-state index in [-0.39, 0.29) is 0 Å². The van der Waals surface area contributed by atoms with Crippen molar-refractivity contribution in [1.29, 1.82) is 0 Å². The largest absolute Gasteiger partial charge is 0.0955 e. The molecule has 0 atom stereocenters. The summed E-state index contributed by atoms with van der Waals surface area (Å²) in [4.78, 5) is 0. The molecule has 0 aliphatic heterocycles. The molecule has 2 aliphatic carbocycles. The topological polar surface area (TPSA) is 0 Å². The standard InChI is InChI=1S/C23H35/c1-5-9-21-16-23(17-21)22(13-8-10-18(2)3)15-19(4)14-20-11-6-7-12-20/h6-7,11-12,15,18,21,23H,4-5,8-10,13-14,16-17H2,1-3H3/b22-15+. The van der Waals surface area contributed by atoms with E-state index in [1.165, 1.54) is 56.1 Å². The van der Waals surface area contributed by atoms with Crippen LogP contribution in [0.15, 0.2) is 47.6 Å². The van der Waals surface area contributed by atoms with E-state index < -0.39 is 0 Å². The average Bonchev–Trinajstić information content (AvgIpc) is 2.93. The molecule has 23 heavy (non-hydrogen) atoms. The number of rotatable bonds is 10. The van der Waals surface area contributed by atoms with Gasteiger partial charge >= 0.3 is 0 Å². The SMILES string of the molecule is C=C(/C=C(\CCCC(C)C)C1CC(CCC)C1)CC1=C[CH]C=C1. The number of hydrogen-bond acceptors (Lipinski definition) is 0. The van der Waals surface area contributed by atoms with Gasteiger partial charge in [0.15, 0.2) is 0 Å². The Morgan fingerprint density at radius 1 is 1.35 bits per heavy atom. The van der Waals surface area contributed by atoms with Crippen LogP contribution in [0, 0.1) is 24.2 Å². The molecule has 0 unspecified atom stereocenters. The van der Waals surface area contributed by atoms with Crippen LogP contribution >= 0.6 is 0 Å². The van der Waals surface area contributed by atoms with Crippen LogP contribution < -0.4 is 0 Å². The van der Waals surface area contributed by atoms with E-state index in [0.717, 1.165) is 24.2 Å². The zero-order valence-electron chi connectivity index (χ0n) is 15.5. The Balaban J connectivity index is 1.90. The predicted molar refractivity (Wildman–Crippen MR) is 103 cm³/mol. The predicted octanol–water partition coefficient (Wildman–Crippen LogP) is 7.21. The molecule has 0 aromatic carbocycles. The minimum Gasteiger partial charge on any atom is -0.0955 e. The van der Waals surface area contributed by atoms with Gasteiger partial charge < -0.3 is 0 Å². The summed E-state index contributed by atoms with van der Waals surface area (Å²) in [6.07, 6.45) is 21.7. The highest BCUT2D eigenvalue weighted by molar-refractivity contribution is 5.39. The summed E-state index contributed by atoms with van der Waals surface area (Å²) in [6.45, 7) is 11.3. The second-order valence-electron chi connectivity index (χ2n) is 7.96. The molecule has 0 nitrogen and oxygen atoms in total. The number of hydrogen-bond donors (Lipinski definition) is 0. The Kier molecular flexibility index (Phi) is 7.40. The van der Waals surface area contributed by atoms with Crippen molar-refractivity contribution in [3.63, 3.8) is 0 Å². The highest BCUT2D eigenvalue weighted by Crippen LogP contribution is 2.43. The quantitative estimate of drug-likeness (QED) is 0.374. The summed E-state index contributed by atoms with van der Waals surface area (Å²) in [7, 11) is 0. The zero-order valence-corrected chi connectivity index (χ0v) is 15.5. The first kappa shape index (κ1) is 18.3. The van der Waals surface area contributed by atoms with E-state index in [4.69, 9.17) is 0 Å². The van der Waals surface area contributed by atoms with Crippen molar-refractivity contribution in [3.05, 3.63) is 54.0 Å². The van der Waals surface area contributed by atoms with Crippen molar-refractivity contribution < 1.29 is 0 Å². The highest BCUT2D eigenvalue weighted by atomic mass is 14.4. The zero-order chi connectivity index (χ0) is 16.7. The second-order valence-corrected chi connectivity index (χ2v) is 7.96. The third-order valence-electron chi connectivity index (χ3n) is 5.26. The normalized spacial score (nSPS) is 24.0. The van der Waals surface area contributed by atoms with Crippen LogP contribution in [0.25, 0.3) is 0 Å². The van der Waals surface area contributed by atoms with Gasteiger partial charge in [0.25, 0.3) is 0 Å². The third-order valence-corrected chi connectivity index (χ3v) is 5.26. The summed E-state index contributed by atoms with van der Waals surface area (Å²) >= 11 is 0. The Hall–Kier alpha value is -1.04. The molecule has 1 fully saturated rings. The average molecular weight is 312 g/mol. The first-order valence-electron chi connectivity index (χ1n) is 9.67. The van der Waals surface area contributed by atoms with Crippen LogP contribution in [-0.2, 0) is 0 Å². The Morgan fingerprint density at radius 3 is 2.74 bits per heavy atom. The van der Waals surface area contributed by atoms with Gasteiger partial charge in [-0.15, -0.1) is 0 Å². The molecule has 1 radical (unpaired) electrons. The molecule has 0 spiro atoms. The van der Waals surface area contributed by atoms with E-state index in [1.807, 2.05) is 0 Å². The molecule has 2 rings (SSSR count). The van der Waals surface area contributed by atoms with Crippen molar-refractivity contribution >= 4 is 0 Å². The van der Waals surface area contributed by atoms with Crippen LogP contribution in [-0.4, -0.2) is 0 Å². The summed E-state index contributed by atoms with van der Waals surface area (Å²) in [5, 5.41) is 0. The minimum atomic E-state index is 0.818. The molecule has 0 saturated heterocycles. The van der Waals surface area contributed by atoms with Gasteiger partial charge in [0.1, 0.15) is 0 Å². The molecule has 0 aromatic heterocycles. The molecule has 0 bridgehead atoms. The van der Waals surface area contributed by atoms with Crippen molar-refractivity contribution in [2.75, 3.05) is 0 Å². The van der Waals surface area contributed by atoms with Crippen LogP contribution in [0.3, 0.4) is 0 Å². The monoisotopic (exact) mass is 311 g/mol. The number of allylic oxidation sites excluding steroid dienone is 7. The molecule has 0 aromatic rings. The van der Waals surface area contributed by atoms with E-state index in [9.17, 15) is 0 Å². The molecule has 0 heterocycles. The molecule has 0 amide bonds. The fourth-order valence-corrected chi connectivity index (χ4v) is 3.90. The van der Waals surface area contributed by atoms with Crippen LogP contribution in [0.2, 0.25) is 0 Å². The van der Waals surface area contributed by atoms with Crippen molar-refractivity contribution in [2.45, 2.75) is 72.1 Å². The summed E-state index contributed by atoms with van der Waals surface area (Å²) in [5.41, 5.74) is 4.37. The summed E-state index contributed by atoms with van der Waals surface area (Å²) in [6, 6.07) is 0. The van der Waals surface area contributed by atoms with Crippen LogP contribution in [0.5, 0.6) is 0 Å². The van der Waals surface area contributed by atoms with E-state index in [0.29, 0.717) is 0 Å². The van der Waals surface area contributed by atoms with Gasteiger partial charge in [-0.25, -0.2) is 0 Å². The van der Waals surface area contributed by atoms with Crippen molar-refractivity contribution in [2.24, 2.45) is 17.8 Å². The second kappa shape index (κ2) is 9.30. The lowest BCUT2D eigenvalue weighted by Crippen LogP contribution is -2.25. The molecule has 2 aliphatic rings. The van der Waals surface area contributed by atoms with Crippen LogP contribution in [0.4, 0.5) is 0 Å². The van der Waals surface area contributed by atoms with Gasteiger partial charge in [0, 0.05) is 6.42 Å². The van der Waals surface area contributed by atoms with Gasteiger partial charge in [0.05, 0.1) is 0 Å². The van der Waals surface area contributed by atoms with Gasteiger partial charge in [0.2, 0.25) is 0 Å². The Morgan fingerprint density at radius 2 is 2.13 bits per heavy atom.